The summed E-state index contributed by atoms with van der Waals surface area (Å²) in [5.74, 6) is 0.865. The molecule has 2 aliphatic rings. The Bertz CT molecular complexity index is 373. The van der Waals surface area contributed by atoms with Gasteiger partial charge in [-0.25, -0.2) is 0 Å². The molecule has 1 heteroatoms. The number of carbonyl (C=O) groups excluding carboxylic acids is 1. The van der Waals surface area contributed by atoms with Crippen molar-refractivity contribution >= 4 is 5.78 Å². The van der Waals surface area contributed by atoms with Gasteiger partial charge in [-0.1, -0.05) is 50.1 Å². The van der Waals surface area contributed by atoms with E-state index < -0.39 is 0 Å². The molecular formula is C15H20O. The predicted molar refractivity (Wildman–Crippen MR) is 67.1 cm³/mol. The highest BCUT2D eigenvalue weighted by Gasteiger charge is 2.44. The van der Waals surface area contributed by atoms with Gasteiger partial charge < -0.3 is 0 Å². The van der Waals surface area contributed by atoms with Crippen LogP contribution in [0.1, 0.15) is 39.5 Å². The lowest BCUT2D eigenvalue weighted by Gasteiger charge is -2.21. The van der Waals surface area contributed by atoms with E-state index in [1.54, 1.807) is 0 Å². The number of hydrogen-bond donors (Lipinski definition) is 0. The number of unbranched alkanes of at least 4 members (excludes halogenated alkanes) is 1. The highest BCUT2D eigenvalue weighted by molar-refractivity contribution is 5.93. The number of ketones is 1. The van der Waals surface area contributed by atoms with Gasteiger partial charge in [0.1, 0.15) is 5.78 Å². The first kappa shape index (κ1) is 11.4. The Kier molecular flexibility index (Phi) is 3.13. The van der Waals surface area contributed by atoms with Crippen molar-refractivity contribution in [3.8, 4) is 0 Å². The smallest absolute Gasteiger partial charge is 0.147 e. The van der Waals surface area contributed by atoms with Gasteiger partial charge in [0.2, 0.25) is 0 Å². The number of fused-ring (bicyclic) bond motifs is 1. The van der Waals surface area contributed by atoms with E-state index in [9.17, 15) is 4.79 Å². The number of rotatable bonds is 3. The molecule has 0 aromatic carbocycles. The third kappa shape index (κ3) is 1.79. The molecule has 0 amide bonds. The van der Waals surface area contributed by atoms with E-state index in [0.29, 0.717) is 11.7 Å². The molecule has 0 aliphatic heterocycles. The summed E-state index contributed by atoms with van der Waals surface area (Å²) in [4.78, 5) is 12.1. The summed E-state index contributed by atoms with van der Waals surface area (Å²) in [6.07, 6.45) is 14.6. The third-order valence-electron chi connectivity index (χ3n) is 3.88. The van der Waals surface area contributed by atoms with Gasteiger partial charge in [-0.05, 0) is 24.8 Å². The van der Waals surface area contributed by atoms with Crippen LogP contribution < -0.4 is 0 Å². The molecular weight excluding hydrogens is 196 g/mol. The average Bonchev–Trinajstić information content (AvgIpc) is 2.44. The molecule has 1 fully saturated rings. The summed E-state index contributed by atoms with van der Waals surface area (Å²) in [5.41, 5.74) is 1.01. The summed E-state index contributed by atoms with van der Waals surface area (Å²) < 4.78 is 0. The van der Waals surface area contributed by atoms with Crippen molar-refractivity contribution in [3.05, 3.63) is 36.0 Å². The molecule has 2 atom stereocenters. The van der Waals surface area contributed by atoms with E-state index >= 15 is 0 Å². The van der Waals surface area contributed by atoms with Gasteiger partial charge >= 0.3 is 0 Å². The first-order chi connectivity index (χ1) is 7.68. The maximum atomic E-state index is 12.1. The van der Waals surface area contributed by atoms with Crippen LogP contribution >= 0.6 is 0 Å². The van der Waals surface area contributed by atoms with Crippen molar-refractivity contribution in [1.82, 2.24) is 0 Å². The topological polar surface area (TPSA) is 17.1 Å². The quantitative estimate of drug-likeness (QED) is 0.701. The highest BCUT2D eigenvalue weighted by Crippen LogP contribution is 2.47. The minimum atomic E-state index is -0.318. The van der Waals surface area contributed by atoms with Crippen molar-refractivity contribution in [1.29, 1.82) is 0 Å². The van der Waals surface area contributed by atoms with Crippen LogP contribution in [-0.2, 0) is 4.79 Å². The van der Waals surface area contributed by atoms with Crippen molar-refractivity contribution in [2.45, 2.75) is 39.5 Å². The zero-order valence-electron chi connectivity index (χ0n) is 10.2. The first-order valence-corrected chi connectivity index (χ1v) is 6.28. The number of carbonyl (C=O) groups is 1. The summed E-state index contributed by atoms with van der Waals surface area (Å²) in [6.45, 7) is 4.27. The number of allylic oxidation sites excluding steroid dienone is 6. The molecule has 2 aliphatic carbocycles. The van der Waals surface area contributed by atoms with Gasteiger partial charge in [-0.15, -0.1) is 0 Å². The van der Waals surface area contributed by atoms with Gasteiger partial charge in [0.25, 0.3) is 0 Å². The van der Waals surface area contributed by atoms with Crippen molar-refractivity contribution in [3.63, 3.8) is 0 Å². The lowest BCUT2D eigenvalue weighted by Crippen LogP contribution is -2.20. The highest BCUT2D eigenvalue weighted by atomic mass is 16.1. The Morgan fingerprint density at radius 3 is 2.94 bits per heavy atom. The van der Waals surface area contributed by atoms with Crippen LogP contribution in [0.3, 0.4) is 0 Å². The fourth-order valence-corrected chi connectivity index (χ4v) is 2.81. The lowest BCUT2D eigenvalue weighted by molar-refractivity contribution is -0.122. The Labute approximate surface area is 97.9 Å². The largest absolute Gasteiger partial charge is 0.298 e. The van der Waals surface area contributed by atoms with Crippen LogP contribution in [0.25, 0.3) is 0 Å². The van der Waals surface area contributed by atoms with E-state index in [4.69, 9.17) is 0 Å². The molecule has 0 aromatic heterocycles. The normalized spacial score (nSPS) is 32.5. The van der Waals surface area contributed by atoms with E-state index in [2.05, 4.69) is 32.1 Å². The monoisotopic (exact) mass is 216 g/mol. The second-order valence-electron chi connectivity index (χ2n) is 5.03. The van der Waals surface area contributed by atoms with E-state index in [1.807, 2.05) is 12.2 Å². The molecule has 2 rings (SSSR count). The molecule has 86 valence electrons. The Morgan fingerprint density at radius 2 is 2.19 bits per heavy atom. The van der Waals surface area contributed by atoms with Crippen LogP contribution in [0.2, 0.25) is 0 Å². The molecule has 0 aromatic rings. The van der Waals surface area contributed by atoms with E-state index in [1.165, 1.54) is 18.4 Å². The van der Waals surface area contributed by atoms with Gasteiger partial charge in [-0.2, -0.15) is 0 Å². The van der Waals surface area contributed by atoms with Crippen molar-refractivity contribution in [2.24, 2.45) is 11.3 Å². The first-order valence-electron chi connectivity index (χ1n) is 6.28. The zero-order chi connectivity index (χ0) is 11.6. The molecule has 0 radical (unpaired) electrons. The summed E-state index contributed by atoms with van der Waals surface area (Å²) >= 11 is 0. The maximum absolute atomic E-state index is 12.1. The number of Topliss-reactive ketones (excluding diaryl/α,β-unsaturated/α-hetero) is 1. The second kappa shape index (κ2) is 4.40. The Hall–Kier alpha value is -1.11. The van der Waals surface area contributed by atoms with E-state index in [-0.39, 0.29) is 5.41 Å². The third-order valence-corrected chi connectivity index (χ3v) is 3.88. The van der Waals surface area contributed by atoms with Gasteiger partial charge in [0.15, 0.2) is 0 Å². The Morgan fingerprint density at radius 1 is 1.38 bits per heavy atom. The molecule has 1 saturated carbocycles. The molecule has 0 N–H and O–H groups in total. The molecule has 0 unspecified atom stereocenters. The molecule has 0 saturated heterocycles. The predicted octanol–water partition coefficient (Wildman–Crippen LogP) is 3.82. The molecule has 1 nitrogen and oxygen atoms in total. The van der Waals surface area contributed by atoms with Crippen molar-refractivity contribution in [2.75, 3.05) is 0 Å². The SMILES string of the molecule is CCCC[C@@H]1CC(=O)[C@]2(C)C=CC=CC=C12. The van der Waals surface area contributed by atoms with Crippen molar-refractivity contribution < 1.29 is 4.79 Å². The molecule has 0 heterocycles. The summed E-state index contributed by atoms with van der Waals surface area (Å²) in [7, 11) is 0. The number of hydrogen-bond acceptors (Lipinski definition) is 1. The van der Waals surface area contributed by atoms with Crippen LogP contribution in [-0.4, -0.2) is 5.78 Å². The minimum absolute atomic E-state index is 0.318. The Balaban J connectivity index is 2.27. The fourth-order valence-electron chi connectivity index (χ4n) is 2.81. The fraction of sp³-hybridized carbons (Fsp3) is 0.533. The van der Waals surface area contributed by atoms with Crippen LogP contribution in [0.5, 0.6) is 0 Å². The summed E-state index contributed by atoms with van der Waals surface area (Å²) in [6, 6.07) is 0. The van der Waals surface area contributed by atoms with Gasteiger partial charge in [-0.3, -0.25) is 4.79 Å². The molecule has 0 bridgehead atoms. The lowest BCUT2D eigenvalue weighted by atomic mass is 9.81. The van der Waals surface area contributed by atoms with Gasteiger partial charge in [0, 0.05) is 6.42 Å². The minimum Gasteiger partial charge on any atom is -0.298 e. The van der Waals surface area contributed by atoms with Crippen LogP contribution in [0.4, 0.5) is 0 Å². The van der Waals surface area contributed by atoms with Crippen LogP contribution in [0.15, 0.2) is 36.0 Å². The standard InChI is InChI=1S/C15H20O/c1-3-4-8-12-11-14(16)15(2)10-7-5-6-9-13(12)15/h5-7,9-10,12H,3-4,8,11H2,1-2H3/t12-,15-/m1/s1. The maximum Gasteiger partial charge on any atom is 0.147 e. The van der Waals surface area contributed by atoms with Crippen LogP contribution in [0, 0.1) is 11.3 Å². The average molecular weight is 216 g/mol. The second-order valence-corrected chi connectivity index (χ2v) is 5.03. The molecule has 16 heavy (non-hydrogen) atoms. The molecule has 0 spiro atoms. The van der Waals surface area contributed by atoms with Gasteiger partial charge in [0.05, 0.1) is 5.41 Å². The summed E-state index contributed by atoms with van der Waals surface area (Å²) in [5, 5.41) is 0. The zero-order valence-corrected chi connectivity index (χ0v) is 10.2. The van der Waals surface area contributed by atoms with E-state index in [0.717, 1.165) is 12.8 Å².